The molecule has 0 N–H and O–H groups in total. The van der Waals surface area contributed by atoms with E-state index in [4.69, 9.17) is 14.3 Å². The molecule has 0 bridgehead atoms. The molecule has 0 aliphatic heterocycles. The van der Waals surface area contributed by atoms with Crippen molar-refractivity contribution in [1.82, 2.24) is 0 Å². The smallest absolute Gasteiger partial charge is 0.190 e. The van der Waals surface area contributed by atoms with Crippen LogP contribution >= 0.6 is 0 Å². The molecule has 0 heterocycles. The van der Waals surface area contributed by atoms with Crippen molar-refractivity contribution in [2.45, 2.75) is 58.8 Å². The second-order valence-corrected chi connectivity index (χ2v) is 7.01. The van der Waals surface area contributed by atoms with E-state index >= 15 is 0 Å². The van der Waals surface area contributed by atoms with E-state index in [1.807, 2.05) is 6.92 Å². The van der Waals surface area contributed by atoms with Crippen molar-refractivity contribution < 1.29 is 23.9 Å². The van der Waals surface area contributed by atoms with E-state index in [0.29, 0.717) is 35.8 Å². The summed E-state index contributed by atoms with van der Waals surface area (Å²) < 4.78 is 11.0. The van der Waals surface area contributed by atoms with Crippen LogP contribution in [0.4, 0.5) is 0 Å². The molecule has 1 aliphatic carbocycles. The van der Waals surface area contributed by atoms with Gasteiger partial charge in [0, 0.05) is 5.56 Å². The van der Waals surface area contributed by atoms with Gasteiger partial charge in [0.15, 0.2) is 11.6 Å². The molecule has 1 aromatic carbocycles. The van der Waals surface area contributed by atoms with Crippen LogP contribution in [0.5, 0.6) is 11.5 Å². The summed E-state index contributed by atoms with van der Waals surface area (Å²) in [7, 11) is 2.98. The van der Waals surface area contributed by atoms with Gasteiger partial charge in [-0.25, -0.2) is 0 Å². The molecule has 158 valence electrons. The summed E-state index contributed by atoms with van der Waals surface area (Å²) in [5, 5.41) is 4.35. The minimum absolute atomic E-state index is 0.225. The van der Waals surface area contributed by atoms with E-state index in [9.17, 15) is 9.59 Å². The Morgan fingerprint density at radius 2 is 1.59 bits per heavy atom. The third-order valence-electron chi connectivity index (χ3n) is 4.84. The van der Waals surface area contributed by atoms with Crippen molar-refractivity contribution in [2.24, 2.45) is 5.16 Å². The number of hydrogen-bond donors (Lipinski definition) is 0. The topological polar surface area (TPSA) is 74.2 Å². The van der Waals surface area contributed by atoms with Crippen molar-refractivity contribution in [3.8, 4) is 11.5 Å². The van der Waals surface area contributed by atoms with Gasteiger partial charge in [-0.15, -0.1) is 0 Å². The highest BCUT2D eigenvalue weighted by atomic mass is 16.6. The molecule has 0 saturated heterocycles. The maximum atomic E-state index is 12.6. The third kappa shape index (κ3) is 5.46. The molecule has 29 heavy (non-hydrogen) atoms. The number of unbranched alkanes of at least 4 members (excludes halogenated alkanes) is 4. The minimum Gasteiger partial charge on any atom is -0.496 e. The van der Waals surface area contributed by atoms with Crippen LogP contribution < -0.4 is 9.47 Å². The van der Waals surface area contributed by atoms with Crippen LogP contribution in [-0.2, 0) is 4.84 Å². The predicted molar refractivity (Wildman–Crippen MR) is 114 cm³/mol. The number of rotatable bonds is 12. The number of ether oxygens (including phenoxy) is 2. The minimum atomic E-state index is -0.284. The number of oxime groups is 1. The fraction of sp³-hybridized carbons (Fsp3) is 0.522. The van der Waals surface area contributed by atoms with E-state index in [1.165, 1.54) is 45.6 Å². The van der Waals surface area contributed by atoms with E-state index in [0.717, 1.165) is 19.3 Å². The quantitative estimate of drug-likeness (QED) is 0.276. The van der Waals surface area contributed by atoms with Gasteiger partial charge < -0.3 is 14.3 Å². The van der Waals surface area contributed by atoms with Gasteiger partial charge in [-0.3, -0.25) is 9.59 Å². The number of fused-ring (bicyclic) bond motifs is 1. The molecule has 0 radical (unpaired) electrons. The molecule has 1 aromatic rings. The standard InChI is InChI=1S/C23H31NO5/c1-5-7-8-9-10-11-17(24-29-14-6-2)16-15-20(27-3)21-18(25)12-13-19(26)22(21)23(16)28-4/h12-13,15H,5-11,14H2,1-4H3. The number of benzene rings is 1. The lowest BCUT2D eigenvalue weighted by Gasteiger charge is -2.20. The lowest BCUT2D eigenvalue weighted by molar-refractivity contribution is 0.0989. The Bertz CT molecular complexity index is 795. The lowest BCUT2D eigenvalue weighted by Crippen LogP contribution is -2.18. The van der Waals surface area contributed by atoms with Crippen LogP contribution in [0.1, 0.15) is 85.1 Å². The van der Waals surface area contributed by atoms with Crippen LogP contribution in [0, 0.1) is 0 Å². The number of allylic oxidation sites excluding steroid dienone is 2. The number of carbonyl (C=O) groups excluding carboxylic acids is 2. The van der Waals surface area contributed by atoms with Gasteiger partial charge >= 0.3 is 0 Å². The number of methoxy groups -OCH3 is 2. The Kier molecular flexibility index (Phi) is 8.90. The molecule has 6 nitrogen and oxygen atoms in total. The highest BCUT2D eigenvalue weighted by molar-refractivity contribution is 6.25. The molecule has 0 amide bonds. The molecule has 0 fully saturated rings. The molecular weight excluding hydrogens is 370 g/mol. The van der Waals surface area contributed by atoms with Gasteiger partial charge in [0.2, 0.25) is 0 Å². The first-order valence-electron chi connectivity index (χ1n) is 10.3. The summed E-state index contributed by atoms with van der Waals surface area (Å²) in [5.41, 5.74) is 1.79. The Labute approximate surface area is 172 Å². The lowest BCUT2D eigenvalue weighted by atomic mass is 9.88. The first-order valence-corrected chi connectivity index (χ1v) is 10.3. The van der Waals surface area contributed by atoms with Crippen LogP contribution in [0.3, 0.4) is 0 Å². The predicted octanol–water partition coefficient (Wildman–Crippen LogP) is 5.13. The summed E-state index contributed by atoms with van der Waals surface area (Å²) in [6, 6.07) is 1.72. The summed E-state index contributed by atoms with van der Waals surface area (Å²) in [6.45, 7) is 4.70. The molecule has 0 saturated carbocycles. The van der Waals surface area contributed by atoms with Crippen LogP contribution in [-0.4, -0.2) is 38.1 Å². The average molecular weight is 402 g/mol. The molecule has 0 aromatic heterocycles. The maximum Gasteiger partial charge on any atom is 0.190 e. The Morgan fingerprint density at radius 1 is 0.897 bits per heavy atom. The zero-order valence-electron chi connectivity index (χ0n) is 17.9. The molecular formula is C23H31NO5. The van der Waals surface area contributed by atoms with E-state index in [2.05, 4.69) is 12.1 Å². The van der Waals surface area contributed by atoms with Crippen molar-refractivity contribution >= 4 is 17.3 Å². The third-order valence-corrected chi connectivity index (χ3v) is 4.84. The van der Waals surface area contributed by atoms with Crippen LogP contribution in [0.15, 0.2) is 23.4 Å². The number of nitrogens with zero attached hydrogens (tertiary/aromatic N) is 1. The first kappa shape index (κ1) is 22.7. The normalized spacial score (nSPS) is 13.4. The van der Waals surface area contributed by atoms with Gasteiger partial charge in [-0.2, -0.15) is 0 Å². The zero-order chi connectivity index (χ0) is 21.2. The second kappa shape index (κ2) is 11.4. The van der Waals surface area contributed by atoms with Gasteiger partial charge in [-0.1, -0.05) is 44.7 Å². The van der Waals surface area contributed by atoms with Crippen LogP contribution in [0.25, 0.3) is 0 Å². The summed E-state index contributed by atoms with van der Waals surface area (Å²) in [4.78, 5) is 30.5. The number of hydrogen-bond acceptors (Lipinski definition) is 6. The Hall–Kier alpha value is -2.63. The monoisotopic (exact) mass is 401 g/mol. The fourth-order valence-electron chi connectivity index (χ4n) is 3.37. The number of ketones is 2. The maximum absolute atomic E-state index is 12.6. The molecule has 0 atom stereocenters. The van der Waals surface area contributed by atoms with Gasteiger partial charge in [0.25, 0.3) is 0 Å². The molecule has 0 spiro atoms. The van der Waals surface area contributed by atoms with Crippen LogP contribution in [0.2, 0.25) is 0 Å². The molecule has 0 unspecified atom stereocenters. The first-order chi connectivity index (χ1) is 14.1. The summed E-state index contributed by atoms with van der Waals surface area (Å²) >= 11 is 0. The second-order valence-electron chi connectivity index (χ2n) is 7.01. The van der Waals surface area contributed by atoms with Crippen molar-refractivity contribution in [2.75, 3.05) is 20.8 Å². The van der Waals surface area contributed by atoms with Gasteiger partial charge in [0.1, 0.15) is 18.1 Å². The molecule has 2 rings (SSSR count). The SMILES string of the molecule is CCCCCCCC(=NOCCC)c1cc(OC)c2c(c1OC)C(=O)C=CC2=O. The molecule has 6 heteroatoms. The fourth-order valence-corrected chi connectivity index (χ4v) is 3.37. The van der Waals surface area contributed by atoms with Crippen molar-refractivity contribution in [3.63, 3.8) is 0 Å². The number of carbonyl (C=O) groups is 2. The zero-order valence-corrected chi connectivity index (χ0v) is 17.9. The largest absolute Gasteiger partial charge is 0.496 e. The Balaban J connectivity index is 2.49. The Morgan fingerprint density at radius 3 is 2.21 bits per heavy atom. The van der Waals surface area contributed by atoms with E-state index in [1.54, 1.807) is 6.07 Å². The van der Waals surface area contributed by atoms with E-state index < -0.39 is 0 Å². The van der Waals surface area contributed by atoms with Gasteiger partial charge in [-0.05, 0) is 37.5 Å². The van der Waals surface area contributed by atoms with E-state index in [-0.39, 0.29) is 22.7 Å². The van der Waals surface area contributed by atoms with Crippen molar-refractivity contribution in [3.05, 3.63) is 34.9 Å². The highest BCUT2D eigenvalue weighted by Gasteiger charge is 2.31. The molecule has 1 aliphatic rings. The van der Waals surface area contributed by atoms with Crippen molar-refractivity contribution in [1.29, 1.82) is 0 Å². The highest BCUT2D eigenvalue weighted by Crippen LogP contribution is 2.38. The summed E-state index contributed by atoms with van der Waals surface area (Å²) in [5.74, 6) is 0.124. The average Bonchev–Trinajstić information content (AvgIpc) is 2.73. The van der Waals surface area contributed by atoms with Gasteiger partial charge in [0.05, 0.1) is 31.1 Å². The summed E-state index contributed by atoms with van der Waals surface area (Å²) in [6.07, 6.45) is 9.65.